The molecule has 4 aromatic rings. The minimum Gasteiger partial charge on any atom is -0.439 e. The summed E-state index contributed by atoms with van der Waals surface area (Å²) in [6.07, 6.45) is 7.09. The first-order valence-electron chi connectivity index (χ1n) is 13.7. The Morgan fingerprint density at radius 3 is 2.33 bits per heavy atom. The van der Waals surface area contributed by atoms with E-state index in [1.165, 1.54) is 18.6 Å². The molecule has 3 aromatic carbocycles. The number of para-hydroxylation sites is 1. The number of likely N-dealkylation sites (N-methyl/N-ethyl adjacent to an activating group) is 1. The maximum Gasteiger partial charge on any atom is 0.245 e. The van der Waals surface area contributed by atoms with Gasteiger partial charge in [0.05, 0.1) is 11.9 Å². The lowest BCUT2D eigenvalue weighted by Gasteiger charge is -2.36. The first-order valence-corrected chi connectivity index (χ1v) is 15.2. The Balaban J connectivity index is 1.58. The molecule has 1 aliphatic heterocycles. The summed E-state index contributed by atoms with van der Waals surface area (Å²) in [4.78, 5) is 2.31. The van der Waals surface area contributed by atoms with Crippen molar-refractivity contribution in [2.24, 2.45) is 13.0 Å². The number of aromatic nitrogens is 2. The number of hydrogen-bond donors (Lipinski definition) is 0. The van der Waals surface area contributed by atoms with E-state index < -0.39 is 10.0 Å². The zero-order valence-electron chi connectivity index (χ0n) is 22.7. The molecule has 1 fully saturated rings. The summed E-state index contributed by atoms with van der Waals surface area (Å²) < 4.78 is 52.1. The maximum atomic E-state index is 14.4. The number of anilines is 2. The van der Waals surface area contributed by atoms with Crippen LogP contribution < -0.4 is 9.64 Å². The molecule has 1 saturated carbocycles. The second kappa shape index (κ2) is 10.7. The van der Waals surface area contributed by atoms with Crippen LogP contribution in [0.3, 0.4) is 0 Å². The Morgan fingerprint density at radius 1 is 0.925 bits per heavy atom. The van der Waals surface area contributed by atoms with Gasteiger partial charge in [0.2, 0.25) is 15.9 Å². The van der Waals surface area contributed by atoms with Crippen molar-refractivity contribution < 1.29 is 17.5 Å². The molecular weight excluding hydrogens is 527 g/mol. The largest absolute Gasteiger partial charge is 0.439 e. The van der Waals surface area contributed by atoms with Crippen LogP contribution in [-0.4, -0.2) is 42.1 Å². The Bertz CT molecular complexity index is 1600. The van der Waals surface area contributed by atoms with Crippen LogP contribution in [0.15, 0.2) is 83.9 Å². The highest BCUT2D eigenvalue weighted by Crippen LogP contribution is 2.46. The number of ether oxygens (including phenoxy) is 1. The number of halogens is 1. The van der Waals surface area contributed by atoms with Gasteiger partial charge in [0, 0.05) is 50.1 Å². The highest BCUT2D eigenvalue weighted by molar-refractivity contribution is 7.89. The summed E-state index contributed by atoms with van der Waals surface area (Å²) in [5.74, 6) is 0.869. The predicted octanol–water partition coefficient (Wildman–Crippen LogP) is 6.74. The molecule has 0 spiro atoms. The minimum absolute atomic E-state index is 0.186. The van der Waals surface area contributed by atoms with Crippen molar-refractivity contribution in [3.8, 4) is 22.8 Å². The van der Waals surface area contributed by atoms with Crippen molar-refractivity contribution in [3.63, 3.8) is 0 Å². The van der Waals surface area contributed by atoms with Crippen LogP contribution in [0.25, 0.3) is 11.1 Å². The van der Waals surface area contributed by atoms with E-state index in [1.807, 2.05) is 36.4 Å². The lowest BCUT2D eigenvalue weighted by Crippen LogP contribution is -2.46. The van der Waals surface area contributed by atoms with Crippen molar-refractivity contribution in [2.75, 3.05) is 18.5 Å². The molecule has 0 bridgehead atoms. The van der Waals surface area contributed by atoms with Gasteiger partial charge in [-0.2, -0.15) is 9.40 Å². The van der Waals surface area contributed by atoms with Gasteiger partial charge in [-0.1, -0.05) is 49.6 Å². The van der Waals surface area contributed by atoms with Gasteiger partial charge >= 0.3 is 0 Å². The van der Waals surface area contributed by atoms with Crippen LogP contribution in [0.4, 0.5) is 15.8 Å². The van der Waals surface area contributed by atoms with E-state index in [2.05, 4.69) is 10.00 Å². The third-order valence-electron chi connectivity index (χ3n) is 8.25. The first kappa shape index (κ1) is 26.5. The van der Waals surface area contributed by atoms with Crippen LogP contribution in [-0.2, 0) is 17.1 Å². The van der Waals surface area contributed by atoms with E-state index in [0.29, 0.717) is 35.0 Å². The highest BCUT2D eigenvalue weighted by atomic mass is 32.2. The van der Waals surface area contributed by atoms with Crippen LogP contribution in [0, 0.1) is 11.7 Å². The summed E-state index contributed by atoms with van der Waals surface area (Å²) in [5, 5.41) is 4.22. The average molecular weight is 561 g/mol. The molecule has 6 rings (SSSR count). The van der Waals surface area contributed by atoms with Crippen LogP contribution in [0.2, 0.25) is 0 Å². The SMILES string of the molecule is CN1[C@H](C2CCCCC2)CN(c2ccccc2)c2cc(Oc3ccnn3C)c(-c3ccc(F)cc3)cc2S1(=O)=O. The molecule has 0 unspecified atom stereocenters. The summed E-state index contributed by atoms with van der Waals surface area (Å²) in [6.45, 7) is 0.526. The minimum atomic E-state index is -3.88. The topological polar surface area (TPSA) is 67.7 Å². The molecular formula is C31H33FN4O3S. The number of sulfonamides is 1. The number of rotatable bonds is 5. The van der Waals surface area contributed by atoms with Crippen LogP contribution in [0.1, 0.15) is 32.1 Å². The number of benzene rings is 3. The van der Waals surface area contributed by atoms with Crippen molar-refractivity contribution in [2.45, 2.75) is 43.0 Å². The lowest BCUT2D eigenvalue weighted by molar-refractivity contribution is 0.218. The first-order chi connectivity index (χ1) is 19.3. The molecule has 7 nitrogen and oxygen atoms in total. The van der Waals surface area contributed by atoms with E-state index in [4.69, 9.17) is 4.74 Å². The predicted molar refractivity (Wildman–Crippen MR) is 154 cm³/mol. The standard InChI is InChI=1S/C31H33FN4O3S/c1-34-31(17-18-33-34)39-29-20-27-30(19-26(29)22-13-15-24(32)16-14-22)40(37,38)35(2)28(23-9-5-3-6-10-23)21-36(27)25-11-7-4-8-12-25/h4,7-8,11-20,23,28H,3,5-6,9-10,21H2,1-2H3/t28-/m0/s1. The average Bonchev–Trinajstić information content (AvgIpc) is 3.35. The van der Waals surface area contributed by atoms with Gasteiger partial charge in [0.15, 0.2) is 0 Å². The van der Waals surface area contributed by atoms with Gasteiger partial charge < -0.3 is 9.64 Å². The third kappa shape index (κ3) is 4.88. The molecule has 0 radical (unpaired) electrons. The second-order valence-corrected chi connectivity index (χ2v) is 12.6. The Kier molecular flexibility index (Phi) is 7.10. The van der Waals surface area contributed by atoms with E-state index in [1.54, 1.807) is 53.5 Å². The van der Waals surface area contributed by atoms with Crippen molar-refractivity contribution in [1.29, 1.82) is 0 Å². The smallest absolute Gasteiger partial charge is 0.245 e. The normalized spacial score (nSPS) is 19.7. The quantitative estimate of drug-likeness (QED) is 0.270. The second-order valence-electron chi connectivity index (χ2n) is 10.7. The molecule has 208 valence electrons. The fourth-order valence-electron chi connectivity index (χ4n) is 6.03. The number of hydrogen-bond acceptors (Lipinski definition) is 5. The van der Waals surface area contributed by atoms with Gasteiger partial charge in [-0.15, -0.1) is 0 Å². The molecule has 0 N–H and O–H groups in total. The van der Waals surface area contributed by atoms with Gasteiger partial charge in [-0.3, -0.25) is 0 Å². The van der Waals surface area contributed by atoms with Crippen LogP contribution >= 0.6 is 0 Å². The number of nitrogens with zero attached hydrogens (tertiary/aromatic N) is 4. The summed E-state index contributed by atoms with van der Waals surface area (Å²) in [6, 6.07) is 21.0. The van der Waals surface area contributed by atoms with E-state index in [0.717, 1.165) is 31.4 Å². The van der Waals surface area contributed by atoms with E-state index in [9.17, 15) is 12.8 Å². The van der Waals surface area contributed by atoms with E-state index >= 15 is 0 Å². The molecule has 9 heteroatoms. The molecule has 0 saturated heterocycles. The number of aryl methyl sites for hydroxylation is 1. The third-order valence-corrected chi connectivity index (χ3v) is 10.2. The molecule has 1 aliphatic carbocycles. The van der Waals surface area contributed by atoms with Crippen molar-refractivity contribution >= 4 is 21.4 Å². The van der Waals surface area contributed by atoms with Crippen LogP contribution in [0.5, 0.6) is 11.6 Å². The fourth-order valence-corrected chi connectivity index (χ4v) is 7.64. The fraction of sp³-hybridized carbons (Fsp3) is 0.323. The zero-order chi connectivity index (χ0) is 27.9. The monoisotopic (exact) mass is 560 g/mol. The molecule has 0 amide bonds. The van der Waals surface area contributed by atoms with E-state index in [-0.39, 0.29) is 22.7 Å². The molecule has 2 aliphatic rings. The molecule has 1 atom stereocenters. The van der Waals surface area contributed by atoms with Crippen molar-refractivity contribution in [1.82, 2.24) is 14.1 Å². The summed E-state index contributed by atoms with van der Waals surface area (Å²) >= 11 is 0. The molecule has 1 aromatic heterocycles. The molecule has 2 heterocycles. The maximum absolute atomic E-state index is 14.4. The number of fused-ring (bicyclic) bond motifs is 1. The summed E-state index contributed by atoms with van der Waals surface area (Å²) in [5.41, 5.74) is 2.68. The lowest BCUT2D eigenvalue weighted by atomic mass is 9.83. The van der Waals surface area contributed by atoms with Gasteiger partial charge in [0.1, 0.15) is 16.5 Å². The highest BCUT2D eigenvalue weighted by Gasteiger charge is 2.41. The van der Waals surface area contributed by atoms with Gasteiger partial charge in [-0.25, -0.2) is 17.5 Å². The zero-order valence-corrected chi connectivity index (χ0v) is 23.5. The van der Waals surface area contributed by atoms with Crippen molar-refractivity contribution in [3.05, 3.63) is 84.8 Å². The Morgan fingerprint density at radius 2 is 1.65 bits per heavy atom. The molecule has 40 heavy (non-hydrogen) atoms. The Labute approximate surface area is 234 Å². The van der Waals surface area contributed by atoms with Gasteiger partial charge in [0.25, 0.3) is 0 Å². The Hall–Kier alpha value is -3.69. The summed E-state index contributed by atoms with van der Waals surface area (Å²) in [7, 11) is -0.386. The van der Waals surface area contributed by atoms with Gasteiger partial charge in [-0.05, 0) is 54.7 Å².